The van der Waals surface area contributed by atoms with Crippen LogP contribution in [0.2, 0.25) is 0 Å². The van der Waals surface area contributed by atoms with Crippen molar-refractivity contribution in [1.29, 1.82) is 0 Å². The van der Waals surface area contributed by atoms with Gasteiger partial charge >= 0.3 is 0 Å². The molecule has 0 saturated carbocycles. The van der Waals surface area contributed by atoms with Gasteiger partial charge in [-0.3, -0.25) is 4.72 Å². The summed E-state index contributed by atoms with van der Waals surface area (Å²) >= 11 is 0. The monoisotopic (exact) mass is 481 g/mol. The Labute approximate surface area is 193 Å². The maximum absolute atomic E-state index is 12.6. The number of nitrogens with zero attached hydrogens (tertiary/aromatic N) is 2. The summed E-state index contributed by atoms with van der Waals surface area (Å²) in [6, 6.07) is 25.1. The summed E-state index contributed by atoms with van der Waals surface area (Å²) < 4.78 is 53.3. The van der Waals surface area contributed by atoms with Gasteiger partial charge in [0, 0.05) is 17.8 Å². The zero-order valence-electron chi connectivity index (χ0n) is 17.8. The number of anilines is 1. The van der Waals surface area contributed by atoms with Crippen molar-refractivity contribution >= 4 is 36.6 Å². The van der Waals surface area contributed by atoms with Crippen molar-refractivity contribution in [2.45, 2.75) is 18.2 Å². The quantitative estimate of drug-likeness (QED) is 0.453. The molecule has 1 aromatic heterocycles. The smallest absolute Gasteiger partial charge is 0.236 e. The molecule has 1 atom stereocenters. The molecule has 1 saturated heterocycles. The standard InChI is InChI=1S/C24H23N3O4S2/c28-32(29)15-14-21(17-32)33(30,31)26-20-12-10-19(11-13-20)24-25-22-8-4-5-9-23(22)27(24)16-18-6-2-1-3-7-18/h1-13,21,26H,14-17H2. The van der Waals surface area contributed by atoms with Crippen molar-refractivity contribution < 1.29 is 16.8 Å². The van der Waals surface area contributed by atoms with E-state index in [1.807, 2.05) is 54.6 Å². The van der Waals surface area contributed by atoms with E-state index in [9.17, 15) is 16.8 Å². The van der Waals surface area contributed by atoms with E-state index in [1.54, 1.807) is 12.1 Å². The molecular weight excluding hydrogens is 458 g/mol. The molecule has 0 radical (unpaired) electrons. The lowest BCUT2D eigenvalue weighted by molar-refractivity contribution is 0.587. The summed E-state index contributed by atoms with van der Waals surface area (Å²) in [6.07, 6.45) is 0.124. The average Bonchev–Trinajstić information content (AvgIpc) is 3.35. The molecule has 1 unspecified atom stereocenters. The lowest BCUT2D eigenvalue weighted by Gasteiger charge is -2.13. The third-order valence-corrected chi connectivity index (χ3v) is 9.65. The van der Waals surface area contributed by atoms with Crippen molar-refractivity contribution in [1.82, 2.24) is 9.55 Å². The van der Waals surface area contributed by atoms with E-state index in [2.05, 4.69) is 21.4 Å². The number of rotatable bonds is 6. The summed E-state index contributed by atoms with van der Waals surface area (Å²) in [5.41, 5.74) is 4.30. The van der Waals surface area contributed by atoms with Crippen molar-refractivity contribution in [3.8, 4) is 11.4 Å². The van der Waals surface area contributed by atoms with E-state index in [-0.39, 0.29) is 17.9 Å². The van der Waals surface area contributed by atoms with Crippen molar-refractivity contribution in [3.05, 3.63) is 84.4 Å². The Kier molecular flexibility index (Phi) is 5.46. The van der Waals surface area contributed by atoms with Gasteiger partial charge in [-0.15, -0.1) is 0 Å². The van der Waals surface area contributed by atoms with Gasteiger partial charge in [0.15, 0.2) is 9.84 Å². The molecule has 170 valence electrons. The molecule has 0 amide bonds. The molecule has 1 aliphatic heterocycles. The molecule has 33 heavy (non-hydrogen) atoms. The van der Waals surface area contributed by atoms with E-state index in [0.717, 1.165) is 28.0 Å². The van der Waals surface area contributed by atoms with Crippen molar-refractivity contribution in [2.75, 3.05) is 16.2 Å². The van der Waals surface area contributed by atoms with Gasteiger partial charge in [0.25, 0.3) is 0 Å². The molecule has 2 heterocycles. The van der Waals surface area contributed by atoms with Crippen LogP contribution in [0.4, 0.5) is 5.69 Å². The van der Waals surface area contributed by atoms with Gasteiger partial charge in [0.1, 0.15) is 5.82 Å². The first-order valence-corrected chi connectivity index (χ1v) is 14.0. The fraction of sp³-hybridized carbons (Fsp3) is 0.208. The Morgan fingerprint density at radius 2 is 1.64 bits per heavy atom. The Hall–Kier alpha value is -3.17. The molecule has 3 aromatic carbocycles. The Bertz CT molecular complexity index is 1510. The van der Waals surface area contributed by atoms with Crippen LogP contribution in [-0.4, -0.2) is 43.1 Å². The number of para-hydroxylation sites is 2. The Morgan fingerprint density at radius 1 is 0.939 bits per heavy atom. The van der Waals surface area contributed by atoms with Gasteiger partial charge in [0.05, 0.1) is 27.8 Å². The van der Waals surface area contributed by atoms with Crippen LogP contribution < -0.4 is 4.72 Å². The van der Waals surface area contributed by atoms with Crippen LogP contribution >= 0.6 is 0 Å². The van der Waals surface area contributed by atoms with Crippen LogP contribution in [0.15, 0.2) is 78.9 Å². The molecule has 0 bridgehead atoms. The van der Waals surface area contributed by atoms with Gasteiger partial charge in [-0.1, -0.05) is 42.5 Å². The number of benzene rings is 3. The second-order valence-electron chi connectivity index (χ2n) is 8.25. The molecular formula is C24H23N3O4S2. The minimum absolute atomic E-state index is 0.0881. The summed E-state index contributed by atoms with van der Waals surface area (Å²) in [7, 11) is -7.07. The van der Waals surface area contributed by atoms with Gasteiger partial charge in [0.2, 0.25) is 10.0 Å². The van der Waals surface area contributed by atoms with E-state index >= 15 is 0 Å². The summed E-state index contributed by atoms with van der Waals surface area (Å²) in [6.45, 7) is 0.654. The first-order valence-electron chi connectivity index (χ1n) is 10.6. The van der Waals surface area contributed by atoms with Gasteiger partial charge in [-0.05, 0) is 48.4 Å². The predicted molar refractivity (Wildman–Crippen MR) is 130 cm³/mol. The fourth-order valence-electron chi connectivity index (χ4n) is 4.16. The minimum Gasteiger partial charge on any atom is -0.319 e. The number of aromatic nitrogens is 2. The van der Waals surface area contributed by atoms with Crippen LogP contribution in [0.3, 0.4) is 0 Å². The first-order chi connectivity index (χ1) is 15.8. The third kappa shape index (κ3) is 4.51. The maximum Gasteiger partial charge on any atom is 0.236 e. The molecule has 0 spiro atoms. The molecule has 5 rings (SSSR count). The molecule has 1 aliphatic rings. The van der Waals surface area contributed by atoms with Crippen LogP contribution in [0.5, 0.6) is 0 Å². The zero-order chi connectivity index (χ0) is 23.1. The van der Waals surface area contributed by atoms with Crippen LogP contribution in [0.1, 0.15) is 12.0 Å². The third-order valence-electron chi connectivity index (χ3n) is 5.87. The van der Waals surface area contributed by atoms with Gasteiger partial charge < -0.3 is 4.57 Å². The molecule has 0 aliphatic carbocycles. The van der Waals surface area contributed by atoms with Gasteiger partial charge in [-0.2, -0.15) is 0 Å². The maximum atomic E-state index is 12.6. The number of sulfone groups is 1. The normalized spacial score (nSPS) is 17.9. The lowest BCUT2D eigenvalue weighted by Crippen LogP contribution is -2.28. The van der Waals surface area contributed by atoms with Crippen LogP contribution in [-0.2, 0) is 26.4 Å². The molecule has 7 nitrogen and oxygen atoms in total. The van der Waals surface area contributed by atoms with Gasteiger partial charge in [-0.25, -0.2) is 21.8 Å². The second-order valence-corrected chi connectivity index (χ2v) is 12.4. The van der Waals surface area contributed by atoms with E-state index in [1.165, 1.54) is 0 Å². The molecule has 1 fully saturated rings. The molecule has 1 N–H and O–H groups in total. The highest BCUT2D eigenvalue weighted by molar-refractivity contribution is 7.97. The highest BCUT2D eigenvalue weighted by atomic mass is 32.2. The van der Waals surface area contributed by atoms with Crippen molar-refractivity contribution in [3.63, 3.8) is 0 Å². The number of sulfonamides is 1. The lowest BCUT2D eigenvalue weighted by atomic mass is 10.2. The number of hydrogen-bond donors (Lipinski definition) is 1. The predicted octanol–water partition coefficient (Wildman–Crippen LogP) is 3.68. The zero-order valence-corrected chi connectivity index (χ0v) is 19.4. The highest BCUT2D eigenvalue weighted by Gasteiger charge is 2.37. The van der Waals surface area contributed by atoms with E-state index in [0.29, 0.717) is 12.2 Å². The highest BCUT2D eigenvalue weighted by Crippen LogP contribution is 2.28. The van der Waals surface area contributed by atoms with E-state index < -0.39 is 25.1 Å². The number of hydrogen-bond acceptors (Lipinski definition) is 5. The summed E-state index contributed by atoms with van der Waals surface area (Å²) in [4.78, 5) is 4.82. The van der Waals surface area contributed by atoms with E-state index in [4.69, 9.17) is 4.98 Å². The Balaban J connectivity index is 1.45. The minimum atomic E-state index is -3.78. The summed E-state index contributed by atoms with van der Waals surface area (Å²) in [5.74, 6) is 0.371. The van der Waals surface area contributed by atoms with Crippen molar-refractivity contribution in [2.24, 2.45) is 0 Å². The summed E-state index contributed by atoms with van der Waals surface area (Å²) in [5, 5.41) is -0.919. The fourth-order valence-corrected chi connectivity index (χ4v) is 8.25. The Morgan fingerprint density at radius 3 is 2.33 bits per heavy atom. The first kappa shape index (κ1) is 21.7. The largest absolute Gasteiger partial charge is 0.319 e. The molecule has 9 heteroatoms. The van der Waals surface area contributed by atoms with Crippen LogP contribution in [0, 0.1) is 0 Å². The molecule has 4 aromatic rings. The average molecular weight is 482 g/mol. The second kappa shape index (κ2) is 8.31. The number of nitrogens with one attached hydrogen (secondary N) is 1. The number of imidazole rings is 1. The topological polar surface area (TPSA) is 98.1 Å². The number of fused-ring (bicyclic) bond motifs is 1. The van der Waals surface area contributed by atoms with Crippen LogP contribution in [0.25, 0.3) is 22.4 Å². The SMILES string of the molecule is O=S1(=O)CCC(S(=O)(=O)Nc2ccc(-c3nc4ccccc4n3Cc3ccccc3)cc2)C1.